The highest BCUT2D eigenvalue weighted by Crippen LogP contribution is 2.10. The van der Waals surface area contributed by atoms with Gasteiger partial charge >= 0.3 is 5.97 Å². The van der Waals surface area contributed by atoms with Gasteiger partial charge in [-0.05, 0) is 30.8 Å². The third-order valence-corrected chi connectivity index (χ3v) is 3.91. The van der Waals surface area contributed by atoms with Crippen molar-refractivity contribution in [2.45, 2.75) is 11.8 Å². The van der Waals surface area contributed by atoms with Crippen LogP contribution in [-0.2, 0) is 14.8 Å². The Morgan fingerprint density at radius 1 is 1.21 bits per heavy atom. The molecule has 0 aliphatic heterocycles. The number of carbonyl (C=O) groups is 1. The summed E-state index contributed by atoms with van der Waals surface area (Å²) in [5.41, 5.74) is 0.314. The number of rotatable bonds is 7. The average molecular weight is 286 g/mol. The van der Waals surface area contributed by atoms with Crippen molar-refractivity contribution in [2.75, 3.05) is 26.7 Å². The smallest absolute Gasteiger partial charge is 0.337 e. The first-order valence-electron chi connectivity index (χ1n) is 5.90. The Kier molecular flexibility index (Phi) is 5.94. The summed E-state index contributed by atoms with van der Waals surface area (Å²) in [6, 6.07) is 5.60. The Bertz CT molecular complexity index is 511. The molecule has 0 aromatic heterocycles. The van der Waals surface area contributed by atoms with Crippen LogP contribution in [0.3, 0.4) is 0 Å². The van der Waals surface area contributed by atoms with Gasteiger partial charge in [-0.3, -0.25) is 0 Å². The minimum Gasteiger partial charge on any atom is -0.465 e. The van der Waals surface area contributed by atoms with E-state index < -0.39 is 16.0 Å². The van der Waals surface area contributed by atoms with Crippen LogP contribution in [0.15, 0.2) is 29.2 Å². The maximum absolute atomic E-state index is 11.9. The first kappa shape index (κ1) is 15.6. The maximum atomic E-state index is 11.9. The van der Waals surface area contributed by atoms with E-state index in [2.05, 4.69) is 14.8 Å². The largest absolute Gasteiger partial charge is 0.465 e. The van der Waals surface area contributed by atoms with Crippen LogP contribution in [0.5, 0.6) is 0 Å². The monoisotopic (exact) mass is 286 g/mol. The normalized spacial score (nSPS) is 11.3. The number of carbonyl (C=O) groups excluding carboxylic acids is 1. The molecule has 0 amide bonds. The van der Waals surface area contributed by atoms with Gasteiger partial charge in [-0.2, -0.15) is 0 Å². The summed E-state index contributed by atoms with van der Waals surface area (Å²) in [5.74, 6) is -0.496. The average Bonchev–Trinajstić information content (AvgIpc) is 2.43. The summed E-state index contributed by atoms with van der Waals surface area (Å²) < 4.78 is 30.8. The molecular weight excluding hydrogens is 268 g/mol. The van der Waals surface area contributed by atoms with Crippen LogP contribution < -0.4 is 10.0 Å². The van der Waals surface area contributed by atoms with Gasteiger partial charge in [0.25, 0.3) is 0 Å². The van der Waals surface area contributed by atoms with Crippen LogP contribution >= 0.6 is 0 Å². The maximum Gasteiger partial charge on any atom is 0.337 e. The number of esters is 1. The van der Waals surface area contributed by atoms with Crippen molar-refractivity contribution in [1.82, 2.24) is 10.0 Å². The highest BCUT2D eigenvalue weighted by molar-refractivity contribution is 7.89. The number of sulfonamides is 1. The Morgan fingerprint density at radius 3 is 2.37 bits per heavy atom. The number of ether oxygens (including phenoxy) is 1. The topological polar surface area (TPSA) is 84.5 Å². The van der Waals surface area contributed by atoms with Crippen molar-refractivity contribution in [1.29, 1.82) is 0 Å². The minimum atomic E-state index is -3.53. The van der Waals surface area contributed by atoms with E-state index in [4.69, 9.17) is 0 Å². The standard InChI is InChI=1S/C12H18N2O4S/c1-3-13-8-9-14-19(16,17)11-6-4-10(5-7-11)12(15)18-2/h4-7,13-14H,3,8-9H2,1-2H3. The Labute approximate surface area is 113 Å². The van der Waals surface area contributed by atoms with Gasteiger partial charge in [0.1, 0.15) is 0 Å². The predicted octanol–water partition coefficient (Wildman–Crippen LogP) is 0.361. The number of hydrogen-bond donors (Lipinski definition) is 2. The van der Waals surface area contributed by atoms with E-state index in [1.54, 1.807) is 0 Å². The van der Waals surface area contributed by atoms with E-state index in [0.717, 1.165) is 6.54 Å². The van der Waals surface area contributed by atoms with Gasteiger partial charge in [-0.15, -0.1) is 0 Å². The molecule has 7 heteroatoms. The van der Waals surface area contributed by atoms with E-state index in [0.29, 0.717) is 18.7 Å². The van der Waals surface area contributed by atoms with E-state index in [1.165, 1.54) is 31.4 Å². The molecule has 1 aromatic carbocycles. The van der Waals surface area contributed by atoms with E-state index in [-0.39, 0.29) is 4.90 Å². The number of likely N-dealkylation sites (N-methyl/N-ethyl adjacent to an activating group) is 1. The summed E-state index contributed by atoms with van der Waals surface area (Å²) in [4.78, 5) is 11.3. The summed E-state index contributed by atoms with van der Waals surface area (Å²) in [6.45, 7) is 3.61. The zero-order valence-electron chi connectivity index (χ0n) is 11.0. The van der Waals surface area contributed by atoms with Gasteiger partial charge in [-0.1, -0.05) is 6.92 Å². The predicted molar refractivity (Wildman–Crippen MR) is 71.5 cm³/mol. The molecule has 1 aromatic rings. The second-order valence-electron chi connectivity index (χ2n) is 3.77. The van der Waals surface area contributed by atoms with Gasteiger partial charge in [0, 0.05) is 13.1 Å². The molecule has 0 atom stereocenters. The molecule has 6 nitrogen and oxygen atoms in total. The zero-order valence-corrected chi connectivity index (χ0v) is 11.8. The van der Waals surface area contributed by atoms with Crippen molar-refractivity contribution in [3.05, 3.63) is 29.8 Å². The van der Waals surface area contributed by atoms with E-state index in [1.807, 2.05) is 6.92 Å². The zero-order chi connectivity index (χ0) is 14.3. The lowest BCUT2D eigenvalue weighted by Gasteiger charge is -2.07. The van der Waals surface area contributed by atoms with Crippen LogP contribution in [0.4, 0.5) is 0 Å². The minimum absolute atomic E-state index is 0.122. The summed E-state index contributed by atoms with van der Waals surface area (Å²) in [5, 5.41) is 3.02. The molecule has 106 valence electrons. The Hall–Kier alpha value is -1.44. The second kappa shape index (κ2) is 7.22. The van der Waals surface area contributed by atoms with Gasteiger partial charge < -0.3 is 10.1 Å². The fourth-order valence-electron chi connectivity index (χ4n) is 1.42. The third-order valence-electron chi connectivity index (χ3n) is 2.43. The Morgan fingerprint density at radius 2 is 1.84 bits per heavy atom. The van der Waals surface area contributed by atoms with Crippen molar-refractivity contribution < 1.29 is 17.9 Å². The number of nitrogens with one attached hydrogen (secondary N) is 2. The van der Waals surface area contributed by atoms with E-state index >= 15 is 0 Å². The second-order valence-corrected chi connectivity index (χ2v) is 5.53. The van der Waals surface area contributed by atoms with Gasteiger partial charge in [-0.25, -0.2) is 17.9 Å². The molecule has 2 N–H and O–H groups in total. The molecule has 0 saturated heterocycles. The van der Waals surface area contributed by atoms with E-state index in [9.17, 15) is 13.2 Å². The van der Waals surface area contributed by atoms with Crippen LogP contribution in [-0.4, -0.2) is 41.1 Å². The van der Waals surface area contributed by atoms with Crippen molar-refractivity contribution in [3.8, 4) is 0 Å². The fraction of sp³-hybridized carbons (Fsp3) is 0.417. The lowest BCUT2D eigenvalue weighted by atomic mass is 10.2. The molecule has 0 unspecified atom stereocenters. The van der Waals surface area contributed by atoms with Gasteiger partial charge in [0.05, 0.1) is 17.6 Å². The van der Waals surface area contributed by atoms with Crippen LogP contribution in [0.2, 0.25) is 0 Å². The summed E-state index contributed by atoms with van der Waals surface area (Å²) >= 11 is 0. The van der Waals surface area contributed by atoms with Gasteiger partial charge in [0.2, 0.25) is 10.0 Å². The number of hydrogen-bond acceptors (Lipinski definition) is 5. The molecule has 0 aliphatic rings. The molecule has 0 heterocycles. The van der Waals surface area contributed by atoms with Crippen LogP contribution in [0.25, 0.3) is 0 Å². The molecule has 19 heavy (non-hydrogen) atoms. The summed E-state index contributed by atoms with van der Waals surface area (Å²) in [7, 11) is -2.26. The van der Waals surface area contributed by atoms with Crippen molar-refractivity contribution in [2.24, 2.45) is 0 Å². The molecular formula is C12H18N2O4S. The molecule has 0 radical (unpaired) electrons. The first-order valence-corrected chi connectivity index (χ1v) is 7.38. The number of benzene rings is 1. The van der Waals surface area contributed by atoms with Gasteiger partial charge in [0.15, 0.2) is 0 Å². The molecule has 0 spiro atoms. The highest BCUT2D eigenvalue weighted by Gasteiger charge is 2.14. The fourth-order valence-corrected chi connectivity index (χ4v) is 2.45. The molecule has 0 aliphatic carbocycles. The molecule has 0 bridgehead atoms. The molecule has 1 rings (SSSR count). The van der Waals surface area contributed by atoms with Crippen molar-refractivity contribution in [3.63, 3.8) is 0 Å². The third kappa shape index (κ3) is 4.62. The molecule has 0 saturated carbocycles. The summed E-state index contributed by atoms with van der Waals surface area (Å²) in [6.07, 6.45) is 0. The van der Waals surface area contributed by atoms with Crippen LogP contribution in [0.1, 0.15) is 17.3 Å². The lowest BCUT2D eigenvalue weighted by molar-refractivity contribution is 0.0600. The number of methoxy groups -OCH3 is 1. The lowest BCUT2D eigenvalue weighted by Crippen LogP contribution is -2.31. The Balaban J connectivity index is 2.71. The van der Waals surface area contributed by atoms with Crippen molar-refractivity contribution >= 4 is 16.0 Å². The van der Waals surface area contributed by atoms with Crippen LogP contribution in [0, 0.1) is 0 Å². The SMILES string of the molecule is CCNCCNS(=O)(=O)c1ccc(C(=O)OC)cc1. The molecule has 0 fully saturated rings. The quantitative estimate of drug-likeness (QED) is 0.558. The first-order chi connectivity index (χ1) is 9.01. The highest BCUT2D eigenvalue weighted by atomic mass is 32.2.